The highest BCUT2D eigenvalue weighted by molar-refractivity contribution is 8.00. The Hall–Kier alpha value is 0.290. The van der Waals surface area contributed by atoms with Crippen LogP contribution in [0.25, 0.3) is 0 Å². The summed E-state index contributed by atoms with van der Waals surface area (Å²) in [5, 5.41) is 9.32. The first-order valence-corrected chi connectivity index (χ1v) is 5.49. The number of β-amino-alcohol motifs (C(OH)–C–C–N with tert-alkyl or cyclic N) is 1. The molecular weight excluding hydrogens is 218 g/mol. The van der Waals surface area contributed by atoms with Gasteiger partial charge in [-0.2, -0.15) is 0 Å². The molecule has 0 aromatic rings. The number of nitrogens with zero attached hydrogens (tertiary/aromatic N) is 1. The molecule has 1 saturated heterocycles. The maximum absolute atomic E-state index is 10.9. The maximum atomic E-state index is 10.9. The van der Waals surface area contributed by atoms with E-state index in [0.717, 1.165) is 13.1 Å². The van der Waals surface area contributed by atoms with Gasteiger partial charge >= 0.3 is 0 Å². The van der Waals surface area contributed by atoms with E-state index in [1.165, 1.54) is 0 Å². The van der Waals surface area contributed by atoms with Crippen molar-refractivity contribution >= 4 is 31.0 Å². The summed E-state index contributed by atoms with van der Waals surface area (Å²) in [5.41, 5.74) is 0.0820. The van der Waals surface area contributed by atoms with Crippen molar-refractivity contribution in [3.8, 4) is 0 Å². The zero-order valence-corrected chi connectivity index (χ0v) is 10.3. The summed E-state index contributed by atoms with van der Waals surface area (Å²) in [5.74, 6) is 0.221. The summed E-state index contributed by atoms with van der Waals surface area (Å²) >= 11 is 7.84. The van der Waals surface area contributed by atoms with Gasteiger partial charge in [-0.15, -0.1) is 25.3 Å². The summed E-state index contributed by atoms with van der Waals surface area (Å²) in [7, 11) is 0. The minimum Gasteiger partial charge on any atom is -0.369 e. The van der Waals surface area contributed by atoms with Crippen molar-refractivity contribution in [1.82, 2.24) is 4.90 Å². The van der Waals surface area contributed by atoms with Crippen LogP contribution >= 0.6 is 25.3 Å². The molecule has 0 saturated carbocycles. The van der Waals surface area contributed by atoms with Gasteiger partial charge in [0, 0.05) is 26.1 Å². The van der Waals surface area contributed by atoms with Gasteiger partial charge < -0.3 is 9.90 Å². The van der Waals surface area contributed by atoms with Crippen LogP contribution in [0.5, 0.6) is 0 Å². The zero-order chi connectivity index (χ0) is 11.0. The van der Waals surface area contributed by atoms with E-state index in [2.05, 4.69) is 32.2 Å². The Bertz CT molecular complexity index is 231. The highest BCUT2D eigenvalue weighted by Crippen LogP contribution is 2.35. The van der Waals surface area contributed by atoms with Crippen molar-refractivity contribution in [1.29, 1.82) is 0 Å². The number of likely N-dealkylation sites (tertiary alicyclic amines) is 1. The molecule has 0 aliphatic carbocycles. The van der Waals surface area contributed by atoms with E-state index in [1.54, 1.807) is 6.92 Å². The van der Waals surface area contributed by atoms with Crippen molar-refractivity contribution in [2.24, 2.45) is 5.41 Å². The summed E-state index contributed by atoms with van der Waals surface area (Å²) in [6, 6.07) is 0. The first-order chi connectivity index (χ1) is 6.20. The second-order valence-electron chi connectivity index (χ2n) is 4.61. The number of rotatable bonds is 4. The van der Waals surface area contributed by atoms with Gasteiger partial charge in [0.2, 0.25) is 0 Å². The molecule has 0 aromatic heterocycles. The van der Waals surface area contributed by atoms with E-state index >= 15 is 0 Å². The Morgan fingerprint density at radius 1 is 1.57 bits per heavy atom. The number of thiol groups is 2. The Labute approximate surface area is 95.7 Å². The van der Waals surface area contributed by atoms with Crippen LogP contribution in [0, 0.1) is 5.41 Å². The van der Waals surface area contributed by atoms with Crippen LogP contribution in [-0.4, -0.2) is 39.7 Å². The minimum absolute atomic E-state index is 0.0820. The van der Waals surface area contributed by atoms with Crippen molar-refractivity contribution in [2.45, 2.75) is 24.5 Å². The fourth-order valence-electron chi connectivity index (χ4n) is 2.16. The van der Waals surface area contributed by atoms with Crippen molar-refractivity contribution in [3.63, 3.8) is 0 Å². The predicted molar refractivity (Wildman–Crippen MR) is 62.8 cm³/mol. The molecule has 0 atom stereocenters. The highest BCUT2D eigenvalue weighted by atomic mass is 32.2. The molecule has 1 aliphatic rings. The van der Waals surface area contributed by atoms with Gasteiger partial charge in [-0.3, -0.25) is 4.90 Å². The molecule has 0 amide bonds. The first kappa shape index (κ1) is 12.4. The zero-order valence-electron chi connectivity index (χ0n) is 8.53. The number of ketones is 1. The summed E-state index contributed by atoms with van der Waals surface area (Å²) < 4.78 is -1.24. The lowest BCUT2D eigenvalue weighted by Crippen LogP contribution is -2.57. The van der Waals surface area contributed by atoms with Crippen LogP contribution < -0.4 is 0 Å². The van der Waals surface area contributed by atoms with E-state index in [-0.39, 0.29) is 11.2 Å². The molecule has 0 aromatic carbocycles. The minimum atomic E-state index is -1.24. The lowest BCUT2D eigenvalue weighted by Gasteiger charge is -2.49. The molecule has 1 fully saturated rings. The Balaban J connectivity index is 2.32. The van der Waals surface area contributed by atoms with E-state index in [0.29, 0.717) is 13.0 Å². The fraction of sp³-hybridized carbons (Fsp3) is 0.889. The number of aliphatic hydroxyl groups is 1. The normalized spacial score (nSPS) is 21.8. The van der Waals surface area contributed by atoms with Gasteiger partial charge in [-0.1, -0.05) is 6.92 Å². The van der Waals surface area contributed by atoms with E-state index in [4.69, 9.17) is 0 Å². The van der Waals surface area contributed by atoms with E-state index < -0.39 is 4.27 Å². The standard InChI is InChI=1S/C9H17NO2S2/c1-7(11)3-8(2)4-10(5-8)6-9(12,13)14/h12-14H,3-6H2,1-2H3. The van der Waals surface area contributed by atoms with Crippen LogP contribution in [0.3, 0.4) is 0 Å². The quantitative estimate of drug-likeness (QED) is 0.498. The largest absolute Gasteiger partial charge is 0.369 e. The first-order valence-electron chi connectivity index (χ1n) is 4.59. The van der Waals surface area contributed by atoms with Gasteiger partial charge in [0.05, 0.1) is 0 Å². The summed E-state index contributed by atoms with van der Waals surface area (Å²) in [6.45, 7) is 5.78. The molecule has 1 heterocycles. The lowest BCUT2D eigenvalue weighted by atomic mass is 9.78. The average molecular weight is 235 g/mol. The topological polar surface area (TPSA) is 40.5 Å². The number of hydrogen-bond donors (Lipinski definition) is 3. The van der Waals surface area contributed by atoms with Crippen molar-refractivity contribution < 1.29 is 9.90 Å². The SMILES string of the molecule is CC(=O)CC1(C)CN(CC(O)(S)S)C1. The van der Waals surface area contributed by atoms with Gasteiger partial charge in [-0.25, -0.2) is 0 Å². The molecule has 0 bridgehead atoms. The van der Waals surface area contributed by atoms with Gasteiger partial charge in [0.15, 0.2) is 4.27 Å². The number of Topliss-reactive ketones (excluding diaryl/α,β-unsaturated/α-hetero) is 1. The van der Waals surface area contributed by atoms with Crippen LogP contribution in [0.2, 0.25) is 0 Å². The lowest BCUT2D eigenvalue weighted by molar-refractivity contribution is -0.122. The smallest absolute Gasteiger partial charge is 0.164 e. The second kappa shape index (κ2) is 4.04. The average Bonchev–Trinajstić information content (AvgIpc) is 1.76. The molecule has 1 N–H and O–H groups in total. The Kier molecular flexibility index (Phi) is 3.57. The maximum Gasteiger partial charge on any atom is 0.164 e. The number of carbonyl (C=O) groups excluding carboxylic acids is 1. The molecule has 0 unspecified atom stereocenters. The number of carbonyl (C=O) groups is 1. The van der Waals surface area contributed by atoms with E-state index in [1.807, 2.05) is 4.90 Å². The summed E-state index contributed by atoms with van der Waals surface area (Å²) in [6.07, 6.45) is 0.612. The third-order valence-electron chi connectivity index (χ3n) is 2.32. The molecule has 14 heavy (non-hydrogen) atoms. The van der Waals surface area contributed by atoms with Crippen LogP contribution in [0.1, 0.15) is 20.3 Å². The second-order valence-corrected chi connectivity index (χ2v) is 6.44. The fourth-order valence-corrected chi connectivity index (χ4v) is 2.56. The number of hydrogen-bond acceptors (Lipinski definition) is 5. The molecule has 1 aliphatic heterocycles. The van der Waals surface area contributed by atoms with Crippen molar-refractivity contribution in [2.75, 3.05) is 19.6 Å². The molecular formula is C9H17NO2S2. The molecule has 3 nitrogen and oxygen atoms in total. The molecule has 0 radical (unpaired) electrons. The van der Waals surface area contributed by atoms with Crippen molar-refractivity contribution in [3.05, 3.63) is 0 Å². The molecule has 5 heteroatoms. The highest BCUT2D eigenvalue weighted by Gasteiger charge is 2.41. The Morgan fingerprint density at radius 2 is 2.07 bits per heavy atom. The summed E-state index contributed by atoms with van der Waals surface area (Å²) in [4.78, 5) is 13.0. The van der Waals surface area contributed by atoms with Gasteiger partial charge in [-0.05, 0) is 12.3 Å². The molecule has 82 valence electrons. The van der Waals surface area contributed by atoms with Crippen LogP contribution in [-0.2, 0) is 4.79 Å². The molecule has 1 rings (SSSR count). The van der Waals surface area contributed by atoms with Gasteiger partial charge in [0.25, 0.3) is 0 Å². The predicted octanol–water partition coefficient (Wildman–Crippen LogP) is 0.793. The Morgan fingerprint density at radius 3 is 2.43 bits per heavy atom. The van der Waals surface area contributed by atoms with E-state index in [9.17, 15) is 9.90 Å². The van der Waals surface area contributed by atoms with Crippen LogP contribution in [0.15, 0.2) is 0 Å². The third kappa shape index (κ3) is 3.81. The van der Waals surface area contributed by atoms with Gasteiger partial charge in [0.1, 0.15) is 5.78 Å². The third-order valence-corrected chi connectivity index (χ3v) is 2.60. The monoisotopic (exact) mass is 235 g/mol. The molecule has 0 spiro atoms. The van der Waals surface area contributed by atoms with Crippen LogP contribution in [0.4, 0.5) is 0 Å².